The summed E-state index contributed by atoms with van der Waals surface area (Å²) < 4.78 is 0. The molecule has 0 bridgehead atoms. The molecule has 5 heteroatoms. The van der Waals surface area contributed by atoms with Crippen LogP contribution in [0.3, 0.4) is 0 Å². The molecule has 0 heterocycles. The minimum absolute atomic E-state index is 0.174. The molecule has 0 aliphatic heterocycles. The molecule has 0 radical (unpaired) electrons. The van der Waals surface area contributed by atoms with Crippen molar-refractivity contribution < 1.29 is 4.92 Å². The molecule has 1 atom stereocenters. The molecule has 1 aromatic rings. The van der Waals surface area contributed by atoms with Crippen LogP contribution in [0.5, 0.6) is 0 Å². The molecule has 0 spiro atoms. The van der Waals surface area contributed by atoms with Gasteiger partial charge >= 0.3 is 0 Å². The van der Waals surface area contributed by atoms with Gasteiger partial charge in [0.15, 0.2) is 0 Å². The molecular formula is C13H19BrN2O2. The number of hydrogen-bond donors (Lipinski definition) is 0. The monoisotopic (exact) mass is 314 g/mol. The predicted octanol–water partition coefficient (Wildman–Crippen LogP) is 3.97. The van der Waals surface area contributed by atoms with Crippen LogP contribution in [0.2, 0.25) is 0 Å². The maximum absolute atomic E-state index is 10.9. The van der Waals surface area contributed by atoms with Gasteiger partial charge in [-0.15, -0.1) is 0 Å². The lowest BCUT2D eigenvalue weighted by atomic mass is 10.1. The Hall–Kier alpha value is -1.10. The Labute approximate surface area is 116 Å². The highest BCUT2D eigenvalue weighted by Gasteiger charge is 2.15. The third kappa shape index (κ3) is 3.70. The molecule has 0 saturated carbocycles. The van der Waals surface area contributed by atoms with Crippen molar-refractivity contribution in [1.29, 1.82) is 0 Å². The van der Waals surface area contributed by atoms with Crippen LogP contribution in [0.4, 0.5) is 11.4 Å². The molecule has 0 N–H and O–H groups in total. The van der Waals surface area contributed by atoms with Crippen molar-refractivity contribution in [2.75, 3.05) is 18.5 Å². The van der Waals surface area contributed by atoms with Gasteiger partial charge in [0.2, 0.25) is 0 Å². The largest absolute Gasteiger partial charge is 0.374 e. The number of nitrogens with zero attached hydrogens (tertiary/aromatic N) is 2. The Morgan fingerprint density at radius 3 is 2.67 bits per heavy atom. The minimum Gasteiger partial charge on any atom is -0.374 e. The first kappa shape index (κ1) is 15.0. The average molecular weight is 315 g/mol. The van der Waals surface area contributed by atoms with Crippen molar-refractivity contribution in [2.45, 2.75) is 25.6 Å². The topological polar surface area (TPSA) is 46.4 Å². The van der Waals surface area contributed by atoms with Crippen molar-refractivity contribution in [3.63, 3.8) is 0 Å². The summed E-state index contributed by atoms with van der Waals surface area (Å²) in [6.45, 7) is 5.32. The fourth-order valence-corrected chi connectivity index (χ4v) is 2.25. The second-order valence-electron chi connectivity index (χ2n) is 4.60. The van der Waals surface area contributed by atoms with E-state index >= 15 is 0 Å². The maximum atomic E-state index is 10.9. The van der Waals surface area contributed by atoms with Crippen LogP contribution >= 0.6 is 15.9 Å². The highest BCUT2D eigenvalue weighted by atomic mass is 79.9. The van der Waals surface area contributed by atoms with Crippen molar-refractivity contribution in [1.82, 2.24) is 0 Å². The Bertz CT molecular complexity index is 423. The number of alkyl halides is 1. The molecule has 1 rings (SSSR count). The zero-order chi connectivity index (χ0) is 13.7. The van der Waals surface area contributed by atoms with E-state index in [1.54, 1.807) is 6.07 Å². The van der Waals surface area contributed by atoms with Gasteiger partial charge in [0.05, 0.1) is 4.92 Å². The molecule has 0 amide bonds. The van der Waals surface area contributed by atoms with Crippen molar-refractivity contribution in [2.24, 2.45) is 5.92 Å². The highest BCUT2D eigenvalue weighted by molar-refractivity contribution is 9.08. The van der Waals surface area contributed by atoms with Crippen molar-refractivity contribution in [3.8, 4) is 0 Å². The van der Waals surface area contributed by atoms with Crippen LogP contribution in [0.25, 0.3) is 0 Å². The summed E-state index contributed by atoms with van der Waals surface area (Å²) in [7, 11) is 2.02. The first-order valence-electron chi connectivity index (χ1n) is 6.04. The van der Waals surface area contributed by atoms with Crippen molar-refractivity contribution >= 4 is 27.3 Å². The zero-order valence-electron chi connectivity index (χ0n) is 11.0. The normalized spacial score (nSPS) is 12.2. The molecule has 100 valence electrons. The van der Waals surface area contributed by atoms with Gasteiger partial charge in [0.1, 0.15) is 0 Å². The standard InChI is InChI=1S/C13H19BrN2O2/c1-4-10(2)9-15(3)12-5-6-13(16(17)18)11(7-12)8-14/h5-7,10H,4,8-9H2,1-3H3. The fraction of sp³-hybridized carbons (Fsp3) is 0.538. The lowest BCUT2D eigenvalue weighted by Crippen LogP contribution is -2.23. The van der Waals surface area contributed by atoms with E-state index in [0.717, 1.165) is 18.7 Å². The predicted molar refractivity (Wildman–Crippen MR) is 78.5 cm³/mol. The van der Waals surface area contributed by atoms with E-state index in [2.05, 4.69) is 34.7 Å². The number of anilines is 1. The van der Waals surface area contributed by atoms with Gasteiger partial charge in [-0.25, -0.2) is 0 Å². The van der Waals surface area contributed by atoms with Crippen molar-refractivity contribution in [3.05, 3.63) is 33.9 Å². The molecule has 0 fully saturated rings. The van der Waals surface area contributed by atoms with Gasteiger partial charge in [-0.1, -0.05) is 36.2 Å². The minimum atomic E-state index is -0.338. The van der Waals surface area contributed by atoms with Crippen LogP contribution in [-0.2, 0) is 5.33 Å². The second-order valence-corrected chi connectivity index (χ2v) is 5.16. The third-order valence-electron chi connectivity index (χ3n) is 3.13. The Morgan fingerprint density at radius 1 is 1.50 bits per heavy atom. The first-order valence-corrected chi connectivity index (χ1v) is 7.16. The summed E-state index contributed by atoms with van der Waals surface area (Å²) >= 11 is 3.30. The van der Waals surface area contributed by atoms with Crippen LogP contribution in [0, 0.1) is 16.0 Å². The van der Waals surface area contributed by atoms with Crippen LogP contribution < -0.4 is 4.90 Å². The Kier molecular flexibility index (Phi) is 5.59. The number of hydrogen-bond acceptors (Lipinski definition) is 3. The quantitative estimate of drug-likeness (QED) is 0.453. The lowest BCUT2D eigenvalue weighted by molar-refractivity contribution is -0.385. The van der Waals surface area contributed by atoms with Gasteiger partial charge < -0.3 is 4.90 Å². The summed E-state index contributed by atoms with van der Waals surface area (Å²) in [6.07, 6.45) is 1.13. The number of nitro benzene ring substituents is 1. The zero-order valence-corrected chi connectivity index (χ0v) is 12.6. The maximum Gasteiger partial charge on any atom is 0.273 e. The van der Waals surface area contributed by atoms with Crippen LogP contribution in [0.15, 0.2) is 18.2 Å². The second kappa shape index (κ2) is 6.73. The number of rotatable bonds is 6. The molecule has 1 unspecified atom stereocenters. The Morgan fingerprint density at radius 2 is 2.17 bits per heavy atom. The lowest BCUT2D eigenvalue weighted by Gasteiger charge is -2.23. The average Bonchev–Trinajstić information content (AvgIpc) is 2.37. The molecule has 0 aromatic heterocycles. The number of nitro groups is 1. The van der Waals surface area contributed by atoms with E-state index < -0.39 is 0 Å². The molecule has 4 nitrogen and oxygen atoms in total. The van der Waals surface area contributed by atoms with Gasteiger partial charge in [-0.05, 0) is 18.1 Å². The van der Waals surface area contributed by atoms with Gasteiger partial charge in [-0.2, -0.15) is 0 Å². The van der Waals surface area contributed by atoms with E-state index in [-0.39, 0.29) is 10.6 Å². The first-order chi connectivity index (χ1) is 8.49. The van der Waals surface area contributed by atoms with Gasteiger partial charge in [0, 0.05) is 36.2 Å². The SMILES string of the molecule is CCC(C)CN(C)c1ccc([N+](=O)[O-])c(CBr)c1. The summed E-state index contributed by atoms with van der Waals surface area (Å²) in [5.74, 6) is 0.609. The Balaban J connectivity index is 2.94. The third-order valence-corrected chi connectivity index (χ3v) is 3.73. The molecule has 0 aliphatic carbocycles. The summed E-state index contributed by atoms with van der Waals surface area (Å²) in [5.41, 5.74) is 1.91. The number of benzene rings is 1. The van der Waals surface area contributed by atoms with Crippen LogP contribution in [-0.4, -0.2) is 18.5 Å². The molecule has 18 heavy (non-hydrogen) atoms. The molecule has 1 aromatic carbocycles. The van der Waals surface area contributed by atoms with Gasteiger partial charge in [-0.3, -0.25) is 10.1 Å². The van der Waals surface area contributed by atoms with E-state index in [4.69, 9.17) is 0 Å². The summed E-state index contributed by atoms with van der Waals surface area (Å²) in [5, 5.41) is 11.4. The molecule has 0 aliphatic rings. The smallest absolute Gasteiger partial charge is 0.273 e. The molecular weight excluding hydrogens is 296 g/mol. The number of halogens is 1. The van der Waals surface area contributed by atoms with E-state index in [1.807, 2.05) is 19.2 Å². The van der Waals surface area contributed by atoms with Crippen LogP contribution in [0.1, 0.15) is 25.8 Å². The van der Waals surface area contributed by atoms with E-state index in [0.29, 0.717) is 16.8 Å². The van der Waals surface area contributed by atoms with Gasteiger partial charge in [0.25, 0.3) is 5.69 Å². The summed E-state index contributed by atoms with van der Waals surface area (Å²) in [6, 6.07) is 5.28. The van der Waals surface area contributed by atoms with E-state index in [9.17, 15) is 10.1 Å². The molecule has 0 saturated heterocycles. The van der Waals surface area contributed by atoms with E-state index in [1.165, 1.54) is 0 Å². The summed E-state index contributed by atoms with van der Waals surface area (Å²) in [4.78, 5) is 12.7. The fourth-order valence-electron chi connectivity index (χ4n) is 1.80. The highest BCUT2D eigenvalue weighted by Crippen LogP contribution is 2.26.